The average Bonchev–Trinajstić information content (AvgIpc) is 2.36. The highest BCUT2D eigenvalue weighted by molar-refractivity contribution is 5.78. The number of carbonyl (C=O) groups is 1. The highest BCUT2D eigenvalue weighted by atomic mass is 16.5. The van der Waals surface area contributed by atoms with Gasteiger partial charge >= 0.3 is 0 Å². The predicted octanol–water partition coefficient (Wildman–Crippen LogP) is 1.90. The molecule has 0 aromatic carbocycles. The minimum absolute atomic E-state index is 0.111. The minimum Gasteiger partial charge on any atom is -0.374 e. The van der Waals surface area contributed by atoms with Gasteiger partial charge in [-0.05, 0) is 12.3 Å². The molecule has 112 valence electrons. The number of rotatable bonds is 7. The molecule has 2 atom stereocenters. The summed E-state index contributed by atoms with van der Waals surface area (Å²) in [6.45, 7) is 13.0. The first kappa shape index (κ1) is 16.4. The number of nitrogens with one attached hydrogen (secondary N) is 1. The third-order valence-corrected chi connectivity index (χ3v) is 3.52. The van der Waals surface area contributed by atoms with E-state index in [1.54, 1.807) is 0 Å². The zero-order chi connectivity index (χ0) is 14.3. The molecule has 19 heavy (non-hydrogen) atoms. The maximum Gasteiger partial charge on any atom is 0.222 e. The summed E-state index contributed by atoms with van der Waals surface area (Å²) in [6.07, 6.45) is 2.15. The molecule has 4 nitrogen and oxygen atoms in total. The van der Waals surface area contributed by atoms with Gasteiger partial charge < -0.3 is 10.1 Å². The summed E-state index contributed by atoms with van der Waals surface area (Å²) >= 11 is 0. The summed E-state index contributed by atoms with van der Waals surface area (Å²) in [7, 11) is 0. The van der Waals surface area contributed by atoms with E-state index in [2.05, 4.69) is 31.0 Å². The molecule has 1 saturated heterocycles. The highest BCUT2D eigenvalue weighted by Crippen LogP contribution is 2.08. The van der Waals surface area contributed by atoms with Crippen LogP contribution in [0, 0.1) is 11.8 Å². The number of nitrogens with zero attached hydrogens (tertiary/aromatic N) is 1. The van der Waals surface area contributed by atoms with E-state index in [4.69, 9.17) is 4.74 Å². The number of amides is 1. The van der Waals surface area contributed by atoms with Crippen molar-refractivity contribution in [3.63, 3.8) is 0 Å². The molecule has 0 saturated carbocycles. The lowest BCUT2D eigenvalue weighted by molar-refractivity contribution is -0.125. The van der Waals surface area contributed by atoms with Gasteiger partial charge in [0.15, 0.2) is 0 Å². The van der Waals surface area contributed by atoms with Crippen LogP contribution < -0.4 is 5.32 Å². The fraction of sp³-hybridized carbons (Fsp3) is 0.933. The highest BCUT2D eigenvalue weighted by Gasteiger charge is 2.22. The van der Waals surface area contributed by atoms with Gasteiger partial charge in [-0.1, -0.05) is 34.1 Å². The standard InChI is InChI=1S/C15H30N2O2/c1-5-6-13(4)15(18)16-9-14-11-17(7-8-19-14)10-12(2)3/h12-14H,5-11H2,1-4H3,(H,16,18). The topological polar surface area (TPSA) is 41.6 Å². The van der Waals surface area contributed by atoms with E-state index >= 15 is 0 Å². The van der Waals surface area contributed by atoms with Crippen molar-refractivity contribution in [2.45, 2.75) is 46.6 Å². The number of morpholine rings is 1. The van der Waals surface area contributed by atoms with Gasteiger partial charge in [-0.3, -0.25) is 9.69 Å². The molecule has 1 rings (SSSR count). The molecule has 2 unspecified atom stereocenters. The lowest BCUT2D eigenvalue weighted by atomic mass is 10.1. The largest absolute Gasteiger partial charge is 0.374 e. The van der Waals surface area contributed by atoms with Crippen molar-refractivity contribution >= 4 is 5.91 Å². The Hall–Kier alpha value is -0.610. The summed E-state index contributed by atoms with van der Waals surface area (Å²) in [5.74, 6) is 0.949. The van der Waals surface area contributed by atoms with E-state index in [1.165, 1.54) is 0 Å². The lowest BCUT2D eigenvalue weighted by Gasteiger charge is -2.34. The molecule has 1 N–H and O–H groups in total. The second-order valence-corrected chi connectivity index (χ2v) is 6.08. The summed E-state index contributed by atoms with van der Waals surface area (Å²) in [5.41, 5.74) is 0. The third-order valence-electron chi connectivity index (χ3n) is 3.52. The van der Waals surface area contributed by atoms with E-state index in [0.29, 0.717) is 12.5 Å². The number of ether oxygens (including phenoxy) is 1. The van der Waals surface area contributed by atoms with Crippen molar-refractivity contribution < 1.29 is 9.53 Å². The molecule has 0 aromatic rings. The summed E-state index contributed by atoms with van der Waals surface area (Å²) in [4.78, 5) is 14.3. The van der Waals surface area contributed by atoms with Crippen LogP contribution in [0.1, 0.15) is 40.5 Å². The van der Waals surface area contributed by atoms with Crippen LogP contribution in [0.5, 0.6) is 0 Å². The van der Waals surface area contributed by atoms with E-state index in [1.807, 2.05) is 6.92 Å². The molecule has 4 heteroatoms. The van der Waals surface area contributed by atoms with E-state index in [-0.39, 0.29) is 17.9 Å². The normalized spacial score (nSPS) is 22.5. The molecule has 0 aliphatic carbocycles. The zero-order valence-electron chi connectivity index (χ0n) is 12.9. The van der Waals surface area contributed by atoms with Gasteiger partial charge in [0.05, 0.1) is 12.7 Å². The molecular formula is C15H30N2O2. The molecule has 0 aromatic heterocycles. The predicted molar refractivity (Wildman–Crippen MR) is 78.1 cm³/mol. The Morgan fingerprint density at radius 2 is 2.16 bits per heavy atom. The smallest absolute Gasteiger partial charge is 0.222 e. The maximum absolute atomic E-state index is 11.9. The molecule has 1 heterocycles. The van der Waals surface area contributed by atoms with E-state index in [0.717, 1.165) is 39.1 Å². The molecule has 0 radical (unpaired) electrons. The first-order valence-corrected chi connectivity index (χ1v) is 7.64. The van der Waals surface area contributed by atoms with Crippen molar-refractivity contribution in [2.24, 2.45) is 11.8 Å². The number of hydrogen-bond acceptors (Lipinski definition) is 3. The Labute approximate surface area is 117 Å². The molecule has 1 fully saturated rings. The van der Waals surface area contributed by atoms with Crippen molar-refractivity contribution in [3.05, 3.63) is 0 Å². The van der Waals surface area contributed by atoms with Crippen LogP contribution in [0.3, 0.4) is 0 Å². The molecule has 1 aliphatic heterocycles. The van der Waals surface area contributed by atoms with Crippen LogP contribution in [0.2, 0.25) is 0 Å². The van der Waals surface area contributed by atoms with Gasteiger partial charge in [-0.25, -0.2) is 0 Å². The minimum atomic E-state index is 0.111. The van der Waals surface area contributed by atoms with Crippen molar-refractivity contribution in [2.75, 3.05) is 32.8 Å². The van der Waals surface area contributed by atoms with Crippen LogP contribution in [-0.2, 0) is 9.53 Å². The Balaban J connectivity index is 2.26. The Kier molecular flexibility index (Phi) is 7.39. The number of carbonyl (C=O) groups excluding carboxylic acids is 1. The molecule has 0 spiro atoms. The average molecular weight is 270 g/mol. The van der Waals surface area contributed by atoms with Crippen LogP contribution in [0.4, 0.5) is 0 Å². The molecule has 1 aliphatic rings. The van der Waals surface area contributed by atoms with Crippen LogP contribution in [0.15, 0.2) is 0 Å². The first-order chi connectivity index (χ1) is 9.02. The fourth-order valence-electron chi connectivity index (χ4n) is 2.54. The first-order valence-electron chi connectivity index (χ1n) is 7.64. The van der Waals surface area contributed by atoms with Gasteiger partial charge in [0.2, 0.25) is 5.91 Å². The van der Waals surface area contributed by atoms with Gasteiger partial charge in [-0.2, -0.15) is 0 Å². The van der Waals surface area contributed by atoms with Crippen LogP contribution >= 0.6 is 0 Å². The maximum atomic E-state index is 11.9. The number of hydrogen-bond donors (Lipinski definition) is 1. The summed E-state index contributed by atoms with van der Waals surface area (Å²) in [5, 5.41) is 3.02. The second kappa shape index (κ2) is 8.54. The van der Waals surface area contributed by atoms with Gasteiger partial charge in [0.25, 0.3) is 0 Å². The Morgan fingerprint density at radius 3 is 2.79 bits per heavy atom. The monoisotopic (exact) mass is 270 g/mol. The van der Waals surface area contributed by atoms with Crippen LogP contribution in [-0.4, -0.2) is 49.7 Å². The zero-order valence-corrected chi connectivity index (χ0v) is 12.9. The van der Waals surface area contributed by atoms with Crippen molar-refractivity contribution in [3.8, 4) is 0 Å². The van der Waals surface area contributed by atoms with Gasteiger partial charge in [0.1, 0.15) is 0 Å². The Morgan fingerprint density at radius 1 is 1.42 bits per heavy atom. The van der Waals surface area contributed by atoms with Gasteiger partial charge in [0, 0.05) is 32.1 Å². The molecular weight excluding hydrogens is 240 g/mol. The summed E-state index contributed by atoms with van der Waals surface area (Å²) in [6, 6.07) is 0. The Bertz CT molecular complexity index is 269. The van der Waals surface area contributed by atoms with E-state index < -0.39 is 0 Å². The van der Waals surface area contributed by atoms with Crippen molar-refractivity contribution in [1.29, 1.82) is 0 Å². The van der Waals surface area contributed by atoms with Gasteiger partial charge in [-0.15, -0.1) is 0 Å². The van der Waals surface area contributed by atoms with Crippen LogP contribution in [0.25, 0.3) is 0 Å². The molecule has 0 bridgehead atoms. The lowest BCUT2D eigenvalue weighted by Crippen LogP contribution is -2.48. The third kappa shape index (κ3) is 6.39. The SMILES string of the molecule is CCCC(C)C(=O)NCC1CN(CC(C)C)CCO1. The summed E-state index contributed by atoms with van der Waals surface area (Å²) < 4.78 is 5.72. The van der Waals surface area contributed by atoms with E-state index in [9.17, 15) is 4.79 Å². The van der Waals surface area contributed by atoms with Crippen molar-refractivity contribution in [1.82, 2.24) is 10.2 Å². The fourth-order valence-corrected chi connectivity index (χ4v) is 2.54. The quantitative estimate of drug-likeness (QED) is 0.768. The molecule has 1 amide bonds. The second-order valence-electron chi connectivity index (χ2n) is 6.08.